The van der Waals surface area contributed by atoms with E-state index in [9.17, 15) is 9.18 Å². The Morgan fingerprint density at radius 3 is 2.71 bits per heavy atom. The van der Waals surface area contributed by atoms with Gasteiger partial charge in [0.2, 0.25) is 5.91 Å². The molecule has 2 heterocycles. The van der Waals surface area contributed by atoms with E-state index in [4.69, 9.17) is 0 Å². The minimum atomic E-state index is -0.173. The van der Waals surface area contributed by atoms with E-state index in [1.165, 1.54) is 17.7 Å². The van der Waals surface area contributed by atoms with Gasteiger partial charge in [-0.1, -0.05) is 18.2 Å². The molecule has 4 nitrogen and oxygen atoms in total. The lowest BCUT2D eigenvalue weighted by Crippen LogP contribution is -2.28. The Labute approximate surface area is 165 Å². The first-order valence-corrected chi connectivity index (χ1v) is 10.0. The molecular weight excluding hydrogens is 353 g/mol. The second kappa shape index (κ2) is 8.65. The molecule has 28 heavy (non-hydrogen) atoms. The molecule has 1 aromatic heterocycles. The fourth-order valence-corrected chi connectivity index (χ4v) is 4.35. The van der Waals surface area contributed by atoms with Crippen LogP contribution in [0.2, 0.25) is 0 Å². The van der Waals surface area contributed by atoms with E-state index in [0.29, 0.717) is 0 Å². The summed E-state index contributed by atoms with van der Waals surface area (Å²) >= 11 is 0. The van der Waals surface area contributed by atoms with Crippen molar-refractivity contribution in [1.29, 1.82) is 0 Å². The number of hydrogen-bond donors (Lipinski definition) is 1. The second-order valence-corrected chi connectivity index (χ2v) is 7.83. The maximum Gasteiger partial charge on any atom is 0.244 e. The van der Waals surface area contributed by atoms with Crippen LogP contribution in [0.1, 0.15) is 17.5 Å². The summed E-state index contributed by atoms with van der Waals surface area (Å²) in [5, 5.41) is 2.99. The summed E-state index contributed by atoms with van der Waals surface area (Å²) in [4.78, 5) is 18.5. The number of piperidine rings is 1. The average Bonchev–Trinajstić information content (AvgIpc) is 3.17. The number of halogens is 1. The molecule has 1 amide bonds. The van der Waals surface area contributed by atoms with Gasteiger partial charge in [0.1, 0.15) is 5.82 Å². The van der Waals surface area contributed by atoms with Crippen LogP contribution in [-0.2, 0) is 11.2 Å². The molecule has 146 valence electrons. The van der Waals surface area contributed by atoms with Gasteiger partial charge < -0.3 is 10.2 Å². The number of pyridine rings is 1. The summed E-state index contributed by atoms with van der Waals surface area (Å²) in [6.07, 6.45) is 8.84. The molecule has 2 unspecified atom stereocenters. The van der Waals surface area contributed by atoms with Crippen LogP contribution in [0.15, 0.2) is 54.9 Å². The summed E-state index contributed by atoms with van der Waals surface area (Å²) < 4.78 is 13.0. The molecule has 1 aliphatic carbocycles. The van der Waals surface area contributed by atoms with Crippen LogP contribution in [-0.4, -0.2) is 42.0 Å². The number of aromatic nitrogens is 1. The molecule has 1 saturated carbocycles. The number of nitrogens with zero attached hydrogens (tertiary/aromatic N) is 2. The standard InChI is InChI=1S/C23H26FN3O/c24-19-6-3-17(4-7-19)10-13-27-15-21-20(22(21)16-27)9-12-26-23(28)8-5-18-2-1-11-25-14-18/h1-8,11,14,20-22H,9-10,12-13,15-16H2,(H,26,28)/b8-5+. The number of hydrogen-bond acceptors (Lipinski definition) is 3. The minimum Gasteiger partial charge on any atom is -0.353 e. The van der Waals surface area contributed by atoms with Gasteiger partial charge in [0, 0.05) is 44.6 Å². The van der Waals surface area contributed by atoms with Crippen molar-refractivity contribution in [2.75, 3.05) is 26.2 Å². The maximum absolute atomic E-state index is 13.0. The van der Waals surface area contributed by atoms with Crippen LogP contribution in [0.4, 0.5) is 4.39 Å². The van der Waals surface area contributed by atoms with Crippen molar-refractivity contribution in [1.82, 2.24) is 15.2 Å². The largest absolute Gasteiger partial charge is 0.353 e. The number of carbonyl (C=O) groups is 1. The van der Waals surface area contributed by atoms with E-state index in [0.717, 1.165) is 62.3 Å². The lowest BCUT2D eigenvalue weighted by atomic mass is 10.1. The topological polar surface area (TPSA) is 45.2 Å². The lowest BCUT2D eigenvalue weighted by Gasteiger charge is -2.19. The van der Waals surface area contributed by atoms with Crippen LogP contribution in [0, 0.1) is 23.6 Å². The molecule has 2 atom stereocenters. The maximum atomic E-state index is 13.0. The predicted molar refractivity (Wildman–Crippen MR) is 108 cm³/mol. The highest BCUT2D eigenvalue weighted by molar-refractivity contribution is 5.91. The van der Waals surface area contributed by atoms with E-state index >= 15 is 0 Å². The Kier molecular flexibility index (Phi) is 5.81. The molecule has 2 aliphatic rings. The molecule has 2 aromatic rings. The van der Waals surface area contributed by atoms with E-state index in [-0.39, 0.29) is 11.7 Å². The number of nitrogens with one attached hydrogen (secondary N) is 1. The minimum absolute atomic E-state index is 0.0458. The lowest BCUT2D eigenvalue weighted by molar-refractivity contribution is -0.116. The fraction of sp³-hybridized carbons (Fsp3) is 0.391. The van der Waals surface area contributed by atoms with Gasteiger partial charge in [-0.05, 0) is 66.0 Å². The summed E-state index contributed by atoms with van der Waals surface area (Å²) in [6, 6.07) is 10.6. The molecule has 1 saturated heterocycles. The normalized spacial score (nSPS) is 23.7. The molecule has 0 spiro atoms. The highest BCUT2D eigenvalue weighted by Gasteiger charge is 2.54. The van der Waals surface area contributed by atoms with Crippen molar-refractivity contribution in [3.05, 3.63) is 71.8 Å². The molecule has 1 N–H and O–H groups in total. The SMILES string of the molecule is O=C(/C=C/c1cccnc1)NCCC1C2CN(CCc3ccc(F)cc3)CC12. The number of benzene rings is 1. The highest BCUT2D eigenvalue weighted by Crippen LogP contribution is 2.53. The van der Waals surface area contributed by atoms with Gasteiger partial charge in [-0.3, -0.25) is 9.78 Å². The Hall–Kier alpha value is -2.53. The van der Waals surface area contributed by atoms with E-state index in [2.05, 4.69) is 15.2 Å². The first kappa shape index (κ1) is 18.8. The number of likely N-dealkylation sites (tertiary alicyclic amines) is 1. The van der Waals surface area contributed by atoms with E-state index in [1.54, 1.807) is 24.5 Å². The van der Waals surface area contributed by atoms with Crippen molar-refractivity contribution in [3.8, 4) is 0 Å². The molecular formula is C23H26FN3O. The van der Waals surface area contributed by atoms with Gasteiger partial charge >= 0.3 is 0 Å². The number of fused-ring (bicyclic) bond motifs is 1. The Morgan fingerprint density at radius 1 is 1.21 bits per heavy atom. The Balaban J connectivity index is 1.11. The second-order valence-electron chi connectivity index (χ2n) is 7.83. The van der Waals surface area contributed by atoms with Crippen molar-refractivity contribution in [3.63, 3.8) is 0 Å². The van der Waals surface area contributed by atoms with Crippen LogP contribution in [0.5, 0.6) is 0 Å². The third-order valence-corrected chi connectivity index (χ3v) is 5.97. The smallest absolute Gasteiger partial charge is 0.244 e. The molecule has 1 aliphatic heterocycles. The van der Waals surface area contributed by atoms with E-state index < -0.39 is 0 Å². The van der Waals surface area contributed by atoms with Gasteiger partial charge in [0.05, 0.1) is 0 Å². The summed E-state index contributed by atoms with van der Waals surface area (Å²) in [7, 11) is 0. The van der Waals surface area contributed by atoms with Gasteiger partial charge in [0.15, 0.2) is 0 Å². The third kappa shape index (κ3) is 4.84. The van der Waals surface area contributed by atoms with Gasteiger partial charge in [-0.15, -0.1) is 0 Å². The Bertz CT molecular complexity index is 810. The quantitative estimate of drug-likeness (QED) is 0.717. The van der Waals surface area contributed by atoms with Crippen LogP contribution in [0.3, 0.4) is 0 Å². The van der Waals surface area contributed by atoms with Crippen molar-refractivity contribution in [2.45, 2.75) is 12.8 Å². The molecule has 0 bridgehead atoms. The highest BCUT2D eigenvalue weighted by atomic mass is 19.1. The monoisotopic (exact) mass is 379 g/mol. The van der Waals surface area contributed by atoms with Crippen molar-refractivity contribution < 1.29 is 9.18 Å². The van der Waals surface area contributed by atoms with Gasteiger partial charge in [-0.25, -0.2) is 4.39 Å². The van der Waals surface area contributed by atoms with Crippen LogP contribution < -0.4 is 5.32 Å². The average molecular weight is 379 g/mol. The third-order valence-electron chi connectivity index (χ3n) is 5.97. The number of rotatable bonds is 8. The zero-order valence-corrected chi connectivity index (χ0v) is 15.9. The fourth-order valence-electron chi connectivity index (χ4n) is 4.35. The number of amides is 1. The Morgan fingerprint density at radius 2 is 2.00 bits per heavy atom. The van der Waals surface area contributed by atoms with Gasteiger partial charge in [-0.2, -0.15) is 0 Å². The first-order valence-electron chi connectivity index (χ1n) is 10.0. The zero-order chi connectivity index (χ0) is 19.3. The van der Waals surface area contributed by atoms with Gasteiger partial charge in [0.25, 0.3) is 0 Å². The van der Waals surface area contributed by atoms with Crippen LogP contribution in [0.25, 0.3) is 6.08 Å². The van der Waals surface area contributed by atoms with Crippen LogP contribution >= 0.6 is 0 Å². The molecule has 0 radical (unpaired) electrons. The first-order chi connectivity index (χ1) is 13.7. The number of carbonyl (C=O) groups excluding carboxylic acids is 1. The predicted octanol–water partition coefficient (Wildman–Crippen LogP) is 3.16. The summed E-state index contributed by atoms with van der Waals surface area (Å²) in [6.45, 7) is 4.10. The molecule has 5 heteroatoms. The van der Waals surface area contributed by atoms with E-state index in [1.807, 2.05) is 24.3 Å². The zero-order valence-electron chi connectivity index (χ0n) is 15.9. The van der Waals surface area contributed by atoms with Crippen molar-refractivity contribution >= 4 is 12.0 Å². The molecule has 4 rings (SSSR count). The summed E-state index contributed by atoms with van der Waals surface area (Å²) in [5.74, 6) is 2.11. The molecule has 1 aromatic carbocycles. The van der Waals surface area contributed by atoms with Crippen molar-refractivity contribution in [2.24, 2.45) is 17.8 Å². The summed E-state index contributed by atoms with van der Waals surface area (Å²) in [5.41, 5.74) is 2.12. The molecule has 2 fully saturated rings.